The summed E-state index contributed by atoms with van der Waals surface area (Å²) in [5.41, 5.74) is 2.04. The first-order chi connectivity index (χ1) is 7.72. The number of pyridine rings is 1. The molecule has 4 heteroatoms. The standard InChI is InChI=1S/C12H13BrN2O/c1-15(6-7-16)12-4-5-14-11-8-9(13)2-3-10(11)12/h2-5,8,16H,6-7H2,1H3. The number of aliphatic hydroxyl groups is 1. The van der Waals surface area contributed by atoms with E-state index in [9.17, 15) is 0 Å². The number of nitrogens with zero attached hydrogens (tertiary/aromatic N) is 2. The molecule has 1 aromatic heterocycles. The lowest BCUT2D eigenvalue weighted by Crippen LogP contribution is -2.21. The van der Waals surface area contributed by atoms with E-state index >= 15 is 0 Å². The lowest BCUT2D eigenvalue weighted by atomic mass is 10.2. The van der Waals surface area contributed by atoms with Gasteiger partial charge in [0.25, 0.3) is 0 Å². The number of aliphatic hydroxyl groups excluding tert-OH is 1. The molecule has 0 saturated heterocycles. The number of hydrogen-bond acceptors (Lipinski definition) is 3. The normalized spacial score (nSPS) is 10.7. The van der Waals surface area contributed by atoms with Crippen LogP contribution in [-0.2, 0) is 0 Å². The largest absolute Gasteiger partial charge is 0.395 e. The third kappa shape index (κ3) is 2.18. The van der Waals surface area contributed by atoms with Gasteiger partial charge in [-0.3, -0.25) is 4.98 Å². The first kappa shape index (κ1) is 11.4. The Morgan fingerprint density at radius 1 is 1.38 bits per heavy atom. The Kier molecular flexibility index (Phi) is 3.41. The molecular formula is C12H13BrN2O. The van der Waals surface area contributed by atoms with E-state index in [1.165, 1.54) is 0 Å². The zero-order valence-corrected chi connectivity index (χ0v) is 10.6. The van der Waals surface area contributed by atoms with Crippen LogP contribution in [0.25, 0.3) is 10.9 Å². The molecule has 2 rings (SSSR count). The predicted octanol–water partition coefficient (Wildman–Crippen LogP) is 2.43. The topological polar surface area (TPSA) is 36.4 Å². The van der Waals surface area contributed by atoms with Gasteiger partial charge in [0.15, 0.2) is 0 Å². The van der Waals surface area contributed by atoms with Crippen molar-refractivity contribution in [3.05, 3.63) is 34.9 Å². The lowest BCUT2D eigenvalue weighted by Gasteiger charge is -2.19. The van der Waals surface area contributed by atoms with E-state index < -0.39 is 0 Å². The summed E-state index contributed by atoms with van der Waals surface area (Å²) in [4.78, 5) is 6.35. The molecule has 0 amide bonds. The minimum absolute atomic E-state index is 0.150. The molecule has 16 heavy (non-hydrogen) atoms. The molecule has 0 radical (unpaired) electrons. The number of halogens is 1. The Bertz CT molecular complexity index is 501. The number of anilines is 1. The van der Waals surface area contributed by atoms with Gasteiger partial charge in [-0.15, -0.1) is 0 Å². The molecular weight excluding hydrogens is 268 g/mol. The zero-order chi connectivity index (χ0) is 11.5. The van der Waals surface area contributed by atoms with Crippen LogP contribution in [0.1, 0.15) is 0 Å². The smallest absolute Gasteiger partial charge is 0.0734 e. The van der Waals surface area contributed by atoms with E-state index in [2.05, 4.69) is 20.9 Å². The molecule has 1 N–H and O–H groups in total. The summed E-state index contributed by atoms with van der Waals surface area (Å²) in [7, 11) is 1.97. The van der Waals surface area contributed by atoms with Crippen molar-refractivity contribution < 1.29 is 5.11 Å². The minimum Gasteiger partial charge on any atom is -0.395 e. The molecule has 0 fully saturated rings. The van der Waals surface area contributed by atoms with E-state index in [0.29, 0.717) is 6.54 Å². The Hall–Kier alpha value is -1.13. The van der Waals surface area contributed by atoms with E-state index in [-0.39, 0.29) is 6.61 Å². The average molecular weight is 281 g/mol. The number of fused-ring (bicyclic) bond motifs is 1. The summed E-state index contributed by atoms with van der Waals surface area (Å²) in [6.07, 6.45) is 1.79. The fraction of sp³-hybridized carbons (Fsp3) is 0.250. The third-order valence-corrected chi connectivity index (χ3v) is 3.02. The monoisotopic (exact) mass is 280 g/mol. The summed E-state index contributed by atoms with van der Waals surface area (Å²) in [6.45, 7) is 0.770. The fourth-order valence-corrected chi connectivity index (χ4v) is 2.06. The Balaban J connectivity index is 2.53. The molecule has 3 nitrogen and oxygen atoms in total. The van der Waals surface area contributed by atoms with Gasteiger partial charge in [0.1, 0.15) is 0 Å². The quantitative estimate of drug-likeness (QED) is 0.938. The second kappa shape index (κ2) is 4.80. The average Bonchev–Trinajstić information content (AvgIpc) is 2.28. The molecule has 0 aliphatic carbocycles. The molecule has 0 aliphatic rings. The summed E-state index contributed by atoms with van der Waals surface area (Å²) < 4.78 is 1.02. The van der Waals surface area contributed by atoms with Crippen LogP contribution in [0.3, 0.4) is 0 Å². The molecule has 1 heterocycles. The molecule has 0 aliphatic heterocycles. The number of aromatic nitrogens is 1. The van der Waals surface area contributed by atoms with Crippen LogP contribution in [0.15, 0.2) is 34.9 Å². The fourth-order valence-electron chi connectivity index (χ4n) is 1.71. The van der Waals surface area contributed by atoms with Gasteiger partial charge in [-0.1, -0.05) is 15.9 Å². The van der Waals surface area contributed by atoms with E-state index in [1.807, 2.05) is 36.2 Å². The summed E-state index contributed by atoms with van der Waals surface area (Å²) in [5, 5.41) is 10.0. The van der Waals surface area contributed by atoms with Crippen LogP contribution in [0, 0.1) is 0 Å². The van der Waals surface area contributed by atoms with Crippen molar-refractivity contribution in [3.8, 4) is 0 Å². The van der Waals surface area contributed by atoms with Crippen LogP contribution in [0.2, 0.25) is 0 Å². The highest BCUT2D eigenvalue weighted by Crippen LogP contribution is 2.26. The number of rotatable bonds is 3. The highest BCUT2D eigenvalue weighted by Gasteiger charge is 2.06. The van der Waals surface area contributed by atoms with E-state index in [0.717, 1.165) is 21.1 Å². The van der Waals surface area contributed by atoms with Crippen molar-refractivity contribution >= 4 is 32.5 Å². The maximum atomic E-state index is 8.95. The van der Waals surface area contributed by atoms with Crippen LogP contribution in [-0.4, -0.2) is 30.3 Å². The molecule has 0 unspecified atom stereocenters. The maximum Gasteiger partial charge on any atom is 0.0734 e. The van der Waals surface area contributed by atoms with Gasteiger partial charge in [-0.25, -0.2) is 0 Å². The SMILES string of the molecule is CN(CCO)c1ccnc2cc(Br)ccc12. The van der Waals surface area contributed by atoms with E-state index in [4.69, 9.17) is 5.11 Å². The molecule has 0 spiro atoms. The number of likely N-dealkylation sites (N-methyl/N-ethyl adjacent to an activating group) is 1. The van der Waals surface area contributed by atoms with Crippen molar-refractivity contribution in [3.63, 3.8) is 0 Å². The Labute approximate surface area is 103 Å². The molecule has 0 atom stereocenters. The maximum absolute atomic E-state index is 8.95. The van der Waals surface area contributed by atoms with Gasteiger partial charge in [-0.05, 0) is 24.3 Å². The van der Waals surface area contributed by atoms with Crippen molar-refractivity contribution in [1.82, 2.24) is 4.98 Å². The molecule has 0 bridgehead atoms. The Morgan fingerprint density at radius 3 is 2.94 bits per heavy atom. The van der Waals surface area contributed by atoms with Crippen LogP contribution in [0.5, 0.6) is 0 Å². The Morgan fingerprint density at radius 2 is 2.19 bits per heavy atom. The van der Waals surface area contributed by atoms with Gasteiger partial charge >= 0.3 is 0 Å². The highest BCUT2D eigenvalue weighted by molar-refractivity contribution is 9.10. The first-order valence-electron chi connectivity index (χ1n) is 5.08. The van der Waals surface area contributed by atoms with Gasteiger partial charge in [-0.2, -0.15) is 0 Å². The van der Waals surface area contributed by atoms with E-state index in [1.54, 1.807) is 6.20 Å². The highest BCUT2D eigenvalue weighted by atomic mass is 79.9. The van der Waals surface area contributed by atoms with Crippen molar-refractivity contribution in [2.45, 2.75) is 0 Å². The summed E-state index contributed by atoms with van der Waals surface area (Å²) >= 11 is 3.43. The van der Waals surface area contributed by atoms with Crippen molar-refractivity contribution in [2.24, 2.45) is 0 Å². The van der Waals surface area contributed by atoms with Gasteiger partial charge in [0.2, 0.25) is 0 Å². The summed E-state index contributed by atoms with van der Waals surface area (Å²) in [6, 6.07) is 7.99. The van der Waals surface area contributed by atoms with Crippen LogP contribution >= 0.6 is 15.9 Å². The van der Waals surface area contributed by atoms with Gasteiger partial charge in [0.05, 0.1) is 12.1 Å². The zero-order valence-electron chi connectivity index (χ0n) is 9.02. The third-order valence-electron chi connectivity index (χ3n) is 2.53. The first-order valence-corrected chi connectivity index (χ1v) is 5.88. The van der Waals surface area contributed by atoms with Crippen molar-refractivity contribution in [1.29, 1.82) is 0 Å². The van der Waals surface area contributed by atoms with Crippen LogP contribution in [0.4, 0.5) is 5.69 Å². The van der Waals surface area contributed by atoms with Crippen LogP contribution < -0.4 is 4.90 Å². The predicted molar refractivity (Wildman–Crippen MR) is 69.8 cm³/mol. The van der Waals surface area contributed by atoms with Crippen molar-refractivity contribution in [2.75, 3.05) is 25.1 Å². The molecule has 2 aromatic rings. The minimum atomic E-state index is 0.150. The lowest BCUT2D eigenvalue weighted by molar-refractivity contribution is 0.304. The molecule has 84 valence electrons. The second-order valence-electron chi connectivity index (χ2n) is 3.64. The summed E-state index contributed by atoms with van der Waals surface area (Å²) in [5.74, 6) is 0. The number of benzene rings is 1. The molecule has 1 aromatic carbocycles. The molecule has 0 saturated carbocycles. The van der Waals surface area contributed by atoms with Gasteiger partial charge in [0, 0.05) is 35.3 Å². The number of hydrogen-bond donors (Lipinski definition) is 1. The second-order valence-corrected chi connectivity index (χ2v) is 4.55. The van der Waals surface area contributed by atoms with Gasteiger partial charge < -0.3 is 10.0 Å².